The highest BCUT2D eigenvalue weighted by Gasteiger charge is 1.84. The lowest BCUT2D eigenvalue weighted by atomic mass is 10.3. The molecule has 0 radical (unpaired) electrons. The molecule has 0 heterocycles. The molecule has 0 saturated heterocycles. The first-order valence-corrected chi connectivity index (χ1v) is 5.14. The first-order chi connectivity index (χ1) is 5.91. The van der Waals surface area contributed by atoms with Crippen LogP contribution in [-0.4, -0.2) is 13.2 Å². The Kier molecular flexibility index (Phi) is 10.4. The molecule has 0 aliphatic rings. The zero-order valence-electron chi connectivity index (χ0n) is 8.51. The smallest absolute Gasteiger partial charge is 0.0647 e. The van der Waals surface area contributed by atoms with Gasteiger partial charge < -0.3 is 4.74 Å². The zero-order valence-corrected chi connectivity index (χ0v) is 8.51. The van der Waals surface area contributed by atoms with Gasteiger partial charge in [-0.25, -0.2) is 0 Å². The number of allylic oxidation sites excluding steroid dienone is 1. The summed E-state index contributed by atoms with van der Waals surface area (Å²) in [7, 11) is 0. The molecule has 0 aliphatic heterocycles. The molecule has 0 atom stereocenters. The number of unbranched alkanes of at least 4 members (excludes halogenated alkanes) is 3. The van der Waals surface area contributed by atoms with Gasteiger partial charge in [0.2, 0.25) is 0 Å². The number of rotatable bonds is 8. The second kappa shape index (κ2) is 10.7. The third kappa shape index (κ3) is 9.70. The van der Waals surface area contributed by atoms with Crippen LogP contribution in [0.5, 0.6) is 0 Å². The minimum atomic E-state index is 0.795. The van der Waals surface area contributed by atoms with Gasteiger partial charge in [0.15, 0.2) is 0 Å². The van der Waals surface area contributed by atoms with Crippen molar-refractivity contribution in [2.75, 3.05) is 13.2 Å². The highest BCUT2D eigenvalue weighted by molar-refractivity contribution is 4.80. The highest BCUT2D eigenvalue weighted by Crippen LogP contribution is 1.94. The maximum Gasteiger partial charge on any atom is 0.0647 e. The molecule has 0 saturated carbocycles. The van der Waals surface area contributed by atoms with Crippen molar-refractivity contribution in [3.05, 3.63) is 12.2 Å². The molecule has 72 valence electrons. The van der Waals surface area contributed by atoms with Gasteiger partial charge in [-0.05, 0) is 12.8 Å². The van der Waals surface area contributed by atoms with Crippen molar-refractivity contribution in [3.8, 4) is 0 Å². The van der Waals surface area contributed by atoms with Crippen molar-refractivity contribution >= 4 is 0 Å². The lowest BCUT2D eigenvalue weighted by molar-refractivity contribution is 0.157. The van der Waals surface area contributed by atoms with Crippen LogP contribution in [0.2, 0.25) is 0 Å². The summed E-state index contributed by atoms with van der Waals surface area (Å²) in [6.07, 6.45) is 10.5. The van der Waals surface area contributed by atoms with Gasteiger partial charge in [-0.15, -0.1) is 0 Å². The van der Waals surface area contributed by atoms with E-state index in [1.165, 1.54) is 32.1 Å². The summed E-state index contributed by atoms with van der Waals surface area (Å²) in [5.74, 6) is 0. The number of hydrogen-bond donors (Lipinski definition) is 0. The van der Waals surface area contributed by atoms with Crippen LogP contribution in [0.15, 0.2) is 12.2 Å². The molecule has 1 heteroatoms. The summed E-state index contributed by atoms with van der Waals surface area (Å²) < 4.78 is 5.40. The Morgan fingerprint density at radius 2 is 1.83 bits per heavy atom. The molecule has 0 spiro atoms. The topological polar surface area (TPSA) is 9.23 Å². The third-order valence-electron chi connectivity index (χ3n) is 1.73. The lowest BCUT2D eigenvalue weighted by Gasteiger charge is -1.98. The second-order valence-corrected chi connectivity index (χ2v) is 3.04. The maximum absolute atomic E-state index is 5.40. The van der Waals surface area contributed by atoms with Crippen LogP contribution in [0.4, 0.5) is 0 Å². The molecule has 0 aromatic heterocycles. The van der Waals surface area contributed by atoms with Crippen LogP contribution in [0.1, 0.15) is 46.0 Å². The van der Waals surface area contributed by atoms with E-state index in [-0.39, 0.29) is 0 Å². The fourth-order valence-corrected chi connectivity index (χ4v) is 0.958. The van der Waals surface area contributed by atoms with Gasteiger partial charge in [0, 0.05) is 6.61 Å². The Hall–Kier alpha value is -0.300. The van der Waals surface area contributed by atoms with Gasteiger partial charge in [0.05, 0.1) is 6.61 Å². The van der Waals surface area contributed by atoms with Crippen LogP contribution < -0.4 is 0 Å². The minimum absolute atomic E-state index is 0.795. The van der Waals surface area contributed by atoms with Gasteiger partial charge in [0.25, 0.3) is 0 Å². The van der Waals surface area contributed by atoms with Gasteiger partial charge >= 0.3 is 0 Å². The van der Waals surface area contributed by atoms with Crippen LogP contribution >= 0.6 is 0 Å². The third-order valence-corrected chi connectivity index (χ3v) is 1.73. The molecule has 0 N–H and O–H groups in total. The van der Waals surface area contributed by atoms with E-state index in [4.69, 9.17) is 4.74 Å². The molecule has 0 amide bonds. The van der Waals surface area contributed by atoms with Crippen LogP contribution in [0, 0.1) is 0 Å². The molecular formula is C11H22O. The van der Waals surface area contributed by atoms with E-state index in [2.05, 4.69) is 26.0 Å². The van der Waals surface area contributed by atoms with E-state index in [0.717, 1.165) is 13.2 Å². The Morgan fingerprint density at radius 1 is 1.00 bits per heavy atom. The lowest BCUT2D eigenvalue weighted by Crippen LogP contribution is -1.93. The molecule has 0 bridgehead atoms. The first-order valence-electron chi connectivity index (χ1n) is 5.14. The fourth-order valence-electron chi connectivity index (χ4n) is 0.958. The van der Waals surface area contributed by atoms with Gasteiger partial charge in [-0.2, -0.15) is 0 Å². The van der Waals surface area contributed by atoms with E-state index in [0.29, 0.717) is 0 Å². The Balaban J connectivity index is 2.90. The van der Waals surface area contributed by atoms with Crippen LogP contribution in [0.25, 0.3) is 0 Å². The quantitative estimate of drug-likeness (QED) is 0.400. The summed E-state index contributed by atoms with van der Waals surface area (Å²) >= 11 is 0. The van der Waals surface area contributed by atoms with Crippen molar-refractivity contribution in [3.63, 3.8) is 0 Å². The van der Waals surface area contributed by atoms with Crippen molar-refractivity contribution in [2.45, 2.75) is 46.0 Å². The summed E-state index contributed by atoms with van der Waals surface area (Å²) in [6, 6.07) is 0. The Labute approximate surface area is 76.8 Å². The standard InChI is InChI=1S/C11H22O/c1-3-5-7-9-11-12-10-8-6-4-2/h7,9H,3-6,8,10-11H2,1-2H3/b9-7+. The molecule has 0 aromatic rings. The zero-order chi connectivity index (χ0) is 9.07. The second-order valence-electron chi connectivity index (χ2n) is 3.04. The Morgan fingerprint density at radius 3 is 2.50 bits per heavy atom. The molecule has 0 aliphatic carbocycles. The minimum Gasteiger partial charge on any atom is -0.377 e. The van der Waals surface area contributed by atoms with Crippen LogP contribution in [-0.2, 0) is 4.74 Å². The van der Waals surface area contributed by atoms with Crippen molar-refractivity contribution in [1.82, 2.24) is 0 Å². The molecule has 0 aromatic carbocycles. The predicted molar refractivity (Wildman–Crippen MR) is 54.4 cm³/mol. The maximum atomic E-state index is 5.40. The van der Waals surface area contributed by atoms with Crippen molar-refractivity contribution in [2.24, 2.45) is 0 Å². The summed E-state index contributed by atoms with van der Waals surface area (Å²) in [5.41, 5.74) is 0. The van der Waals surface area contributed by atoms with Crippen molar-refractivity contribution in [1.29, 1.82) is 0 Å². The SMILES string of the molecule is CCC/C=C/COCCCCC. The highest BCUT2D eigenvalue weighted by atomic mass is 16.5. The van der Waals surface area contributed by atoms with Gasteiger partial charge in [-0.1, -0.05) is 45.3 Å². The average Bonchev–Trinajstić information content (AvgIpc) is 2.10. The average molecular weight is 170 g/mol. The molecule has 0 unspecified atom stereocenters. The monoisotopic (exact) mass is 170 g/mol. The van der Waals surface area contributed by atoms with E-state index >= 15 is 0 Å². The predicted octanol–water partition coefficient (Wildman–Crippen LogP) is 3.55. The number of hydrogen-bond acceptors (Lipinski definition) is 1. The van der Waals surface area contributed by atoms with E-state index < -0.39 is 0 Å². The molecule has 0 fully saturated rings. The summed E-state index contributed by atoms with van der Waals surface area (Å²) in [6.45, 7) is 6.11. The number of ether oxygens (including phenoxy) is 1. The summed E-state index contributed by atoms with van der Waals surface area (Å²) in [4.78, 5) is 0. The van der Waals surface area contributed by atoms with E-state index in [1.54, 1.807) is 0 Å². The van der Waals surface area contributed by atoms with E-state index in [9.17, 15) is 0 Å². The van der Waals surface area contributed by atoms with Gasteiger partial charge in [-0.3, -0.25) is 0 Å². The fraction of sp³-hybridized carbons (Fsp3) is 0.818. The molecule has 0 rings (SSSR count). The van der Waals surface area contributed by atoms with Crippen LogP contribution in [0.3, 0.4) is 0 Å². The summed E-state index contributed by atoms with van der Waals surface area (Å²) in [5, 5.41) is 0. The van der Waals surface area contributed by atoms with E-state index in [1.807, 2.05) is 0 Å². The Bertz CT molecular complexity index is 97.2. The molecular weight excluding hydrogens is 148 g/mol. The van der Waals surface area contributed by atoms with Crippen molar-refractivity contribution < 1.29 is 4.74 Å². The van der Waals surface area contributed by atoms with Gasteiger partial charge in [0.1, 0.15) is 0 Å². The largest absolute Gasteiger partial charge is 0.377 e. The first kappa shape index (κ1) is 11.7. The molecule has 1 nitrogen and oxygen atoms in total. The normalized spacial score (nSPS) is 11.2. The molecule has 12 heavy (non-hydrogen) atoms.